The molecule has 0 amide bonds. The standard InChI is InChI=1S/C19H17F2N3O2S.C7H8/c1-27(25,26)24-9-6-12(7-10-24)17-11-15-13(5-8-22-19(15)23-17)14-3-2-4-16(20)18(14)21;1-7-5-3-2-4-6-7/h2-6,8,11H,7,9-10H2,1H3,(H,22,23);2-6H,1H3. The highest BCUT2D eigenvalue weighted by molar-refractivity contribution is 7.88. The molecule has 1 N–H and O–H groups in total. The highest BCUT2D eigenvalue weighted by atomic mass is 32.2. The fourth-order valence-electron chi connectivity index (χ4n) is 3.88. The Hall–Kier alpha value is -3.36. The molecule has 2 aromatic heterocycles. The Balaban J connectivity index is 0.000000336. The van der Waals surface area contributed by atoms with Gasteiger partial charge in [-0.05, 0) is 42.7 Å². The molecule has 0 atom stereocenters. The van der Waals surface area contributed by atoms with E-state index in [9.17, 15) is 17.2 Å². The number of benzene rings is 2. The number of aromatic nitrogens is 2. The maximum Gasteiger partial charge on any atom is 0.211 e. The Labute approximate surface area is 197 Å². The summed E-state index contributed by atoms with van der Waals surface area (Å²) in [5.74, 6) is -1.79. The number of nitrogens with zero attached hydrogens (tertiary/aromatic N) is 2. The van der Waals surface area contributed by atoms with E-state index in [1.54, 1.807) is 12.3 Å². The van der Waals surface area contributed by atoms with E-state index in [-0.39, 0.29) is 5.56 Å². The number of aryl methyl sites for hydroxylation is 1. The molecule has 0 unspecified atom stereocenters. The number of hydrogen-bond acceptors (Lipinski definition) is 3. The van der Waals surface area contributed by atoms with Crippen molar-refractivity contribution in [2.24, 2.45) is 0 Å². The Morgan fingerprint density at radius 1 is 1.00 bits per heavy atom. The SMILES string of the molecule is CS(=O)(=O)N1CC=C(c2cc3c(-c4cccc(F)c4F)ccnc3[nH]2)CC1.Cc1ccccc1. The molecule has 1 aliphatic rings. The summed E-state index contributed by atoms with van der Waals surface area (Å²) in [4.78, 5) is 7.48. The zero-order valence-corrected chi connectivity index (χ0v) is 19.7. The van der Waals surface area contributed by atoms with Crippen LogP contribution in [0.3, 0.4) is 0 Å². The van der Waals surface area contributed by atoms with E-state index in [1.807, 2.05) is 30.3 Å². The lowest BCUT2D eigenvalue weighted by molar-refractivity contribution is 0.445. The van der Waals surface area contributed by atoms with Gasteiger partial charge in [0.15, 0.2) is 11.6 Å². The molecule has 0 radical (unpaired) electrons. The van der Waals surface area contributed by atoms with Gasteiger partial charge in [0.05, 0.1) is 6.26 Å². The smallest absolute Gasteiger partial charge is 0.211 e. The van der Waals surface area contributed by atoms with Crippen molar-refractivity contribution < 1.29 is 17.2 Å². The van der Waals surface area contributed by atoms with Crippen molar-refractivity contribution in [1.29, 1.82) is 0 Å². The lowest BCUT2D eigenvalue weighted by Crippen LogP contribution is -2.33. The summed E-state index contributed by atoms with van der Waals surface area (Å²) in [6.45, 7) is 2.79. The van der Waals surface area contributed by atoms with Crippen molar-refractivity contribution in [1.82, 2.24) is 14.3 Å². The summed E-state index contributed by atoms with van der Waals surface area (Å²) in [5.41, 5.74) is 4.39. The first kappa shape index (κ1) is 23.8. The van der Waals surface area contributed by atoms with Gasteiger partial charge in [0.1, 0.15) is 5.65 Å². The molecule has 5 rings (SSSR count). The fourth-order valence-corrected chi connectivity index (χ4v) is 4.65. The van der Waals surface area contributed by atoms with Crippen LogP contribution < -0.4 is 0 Å². The van der Waals surface area contributed by atoms with Crippen LogP contribution in [0.1, 0.15) is 17.7 Å². The van der Waals surface area contributed by atoms with Crippen LogP contribution in [0.5, 0.6) is 0 Å². The van der Waals surface area contributed by atoms with Crippen LogP contribution in [0.4, 0.5) is 8.78 Å². The second kappa shape index (κ2) is 9.87. The maximum absolute atomic E-state index is 14.3. The number of halogens is 2. The van der Waals surface area contributed by atoms with Crippen LogP contribution in [0.25, 0.3) is 27.7 Å². The molecule has 0 fully saturated rings. The Kier molecular flexibility index (Phi) is 6.90. The predicted octanol–water partition coefficient (Wildman–Crippen LogP) is 5.55. The summed E-state index contributed by atoms with van der Waals surface area (Å²) >= 11 is 0. The van der Waals surface area contributed by atoms with E-state index in [0.29, 0.717) is 36.1 Å². The minimum Gasteiger partial charge on any atom is -0.339 e. The summed E-state index contributed by atoms with van der Waals surface area (Å²) in [6.07, 6.45) is 5.16. The third-order valence-electron chi connectivity index (χ3n) is 5.70. The van der Waals surface area contributed by atoms with Gasteiger partial charge >= 0.3 is 0 Å². The molecule has 8 heteroatoms. The van der Waals surface area contributed by atoms with E-state index in [0.717, 1.165) is 17.3 Å². The molecular formula is C26H25F2N3O2S. The van der Waals surface area contributed by atoms with Crippen molar-refractivity contribution in [2.45, 2.75) is 13.3 Å². The molecule has 0 aliphatic carbocycles. The predicted molar refractivity (Wildman–Crippen MR) is 132 cm³/mol. The molecule has 5 nitrogen and oxygen atoms in total. The Morgan fingerprint density at radius 2 is 1.76 bits per heavy atom. The molecule has 4 aromatic rings. The number of sulfonamides is 1. The average molecular weight is 482 g/mol. The van der Waals surface area contributed by atoms with Gasteiger partial charge in [-0.3, -0.25) is 0 Å². The normalized spacial score (nSPS) is 14.4. The first-order valence-corrected chi connectivity index (χ1v) is 12.7. The van der Waals surface area contributed by atoms with Gasteiger partial charge in [0.2, 0.25) is 10.0 Å². The molecule has 0 saturated carbocycles. The van der Waals surface area contributed by atoms with Crippen LogP contribution in [0.2, 0.25) is 0 Å². The number of fused-ring (bicyclic) bond motifs is 1. The van der Waals surface area contributed by atoms with Crippen molar-refractivity contribution in [3.05, 3.63) is 95.8 Å². The van der Waals surface area contributed by atoms with Crippen molar-refractivity contribution in [3.8, 4) is 11.1 Å². The molecule has 0 spiro atoms. The van der Waals surface area contributed by atoms with Crippen LogP contribution in [0.15, 0.2) is 72.9 Å². The molecule has 0 saturated heterocycles. The van der Waals surface area contributed by atoms with Gasteiger partial charge in [-0.15, -0.1) is 0 Å². The number of rotatable bonds is 3. The van der Waals surface area contributed by atoms with Gasteiger partial charge in [0, 0.05) is 35.9 Å². The summed E-state index contributed by atoms with van der Waals surface area (Å²) in [7, 11) is -3.22. The van der Waals surface area contributed by atoms with Crippen molar-refractivity contribution in [2.75, 3.05) is 19.3 Å². The quantitative estimate of drug-likeness (QED) is 0.417. The maximum atomic E-state index is 14.3. The lowest BCUT2D eigenvalue weighted by atomic mass is 10.0. The van der Waals surface area contributed by atoms with Gasteiger partial charge < -0.3 is 4.98 Å². The second-order valence-electron chi connectivity index (χ2n) is 8.16. The minimum absolute atomic E-state index is 0.175. The summed E-state index contributed by atoms with van der Waals surface area (Å²) in [5, 5.41) is 0.684. The zero-order chi connectivity index (χ0) is 24.3. The average Bonchev–Trinajstić information content (AvgIpc) is 3.26. The van der Waals surface area contributed by atoms with E-state index in [4.69, 9.17) is 0 Å². The van der Waals surface area contributed by atoms with E-state index in [2.05, 4.69) is 29.0 Å². The number of hydrogen-bond donors (Lipinski definition) is 1. The van der Waals surface area contributed by atoms with E-state index in [1.165, 1.54) is 28.3 Å². The topological polar surface area (TPSA) is 66.1 Å². The molecule has 1 aliphatic heterocycles. The van der Waals surface area contributed by atoms with Crippen LogP contribution in [-0.2, 0) is 10.0 Å². The van der Waals surface area contributed by atoms with Crippen molar-refractivity contribution >= 4 is 26.6 Å². The Morgan fingerprint density at radius 3 is 2.38 bits per heavy atom. The van der Waals surface area contributed by atoms with Crippen LogP contribution in [-0.4, -0.2) is 42.0 Å². The third kappa shape index (κ3) is 5.24. The van der Waals surface area contributed by atoms with Gasteiger partial charge in [-0.1, -0.05) is 54.1 Å². The first-order valence-electron chi connectivity index (χ1n) is 10.8. The van der Waals surface area contributed by atoms with Gasteiger partial charge in [-0.25, -0.2) is 22.2 Å². The van der Waals surface area contributed by atoms with E-state index < -0.39 is 21.7 Å². The monoisotopic (exact) mass is 481 g/mol. The number of H-pyrrole nitrogens is 1. The van der Waals surface area contributed by atoms with E-state index >= 15 is 0 Å². The van der Waals surface area contributed by atoms with Gasteiger partial charge in [-0.2, -0.15) is 4.31 Å². The van der Waals surface area contributed by atoms with Crippen molar-refractivity contribution in [3.63, 3.8) is 0 Å². The fraction of sp³-hybridized carbons (Fsp3) is 0.192. The summed E-state index contributed by atoms with van der Waals surface area (Å²) in [6, 6.07) is 17.8. The first-order chi connectivity index (χ1) is 16.2. The molecular weight excluding hydrogens is 456 g/mol. The molecule has 0 bridgehead atoms. The second-order valence-corrected chi connectivity index (χ2v) is 10.1. The molecule has 2 aromatic carbocycles. The minimum atomic E-state index is -3.22. The highest BCUT2D eigenvalue weighted by Crippen LogP contribution is 2.33. The number of aromatic amines is 1. The summed E-state index contributed by atoms with van der Waals surface area (Å²) < 4.78 is 52.6. The largest absolute Gasteiger partial charge is 0.339 e. The number of pyridine rings is 1. The number of nitrogens with one attached hydrogen (secondary N) is 1. The highest BCUT2D eigenvalue weighted by Gasteiger charge is 2.22. The lowest BCUT2D eigenvalue weighted by Gasteiger charge is -2.23. The zero-order valence-electron chi connectivity index (χ0n) is 18.9. The molecule has 176 valence electrons. The Bertz CT molecular complexity index is 1450. The molecule has 3 heterocycles. The van der Waals surface area contributed by atoms with Crippen LogP contribution >= 0.6 is 0 Å². The van der Waals surface area contributed by atoms with Crippen LogP contribution in [0, 0.1) is 18.6 Å². The van der Waals surface area contributed by atoms with Gasteiger partial charge in [0.25, 0.3) is 0 Å². The third-order valence-corrected chi connectivity index (χ3v) is 6.97. The molecule has 34 heavy (non-hydrogen) atoms.